The normalized spacial score (nSPS) is 14.3. The van der Waals surface area contributed by atoms with Gasteiger partial charge in [-0.05, 0) is 25.0 Å². The molecule has 9 nitrogen and oxygen atoms in total. The van der Waals surface area contributed by atoms with Crippen LogP contribution in [0, 0.1) is 0 Å². The van der Waals surface area contributed by atoms with Gasteiger partial charge in [0.1, 0.15) is 0 Å². The van der Waals surface area contributed by atoms with E-state index in [9.17, 15) is 14.4 Å². The van der Waals surface area contributed by atoms with Crippen molar-refractivity contribution in [1.82, 2.24) is 20.7 Å². The van der Waals surface area contributed by atoms with Crippen molar-refractivity contribution in [2.24, 2.45) is 0 Å². The number of aromatic nitrogens is 1. The van der Waals surface area contributed by atoms with E-state index >= 15 is 0 Å². The molecule has 2 aromatic heterocycles. The number of nitrogens with one attached hydrogen (secondary N) is 2. The minimum Gasteiger partial charge on any atom is -0.459 e. The molecular formula is C22H22N4O5. The van der Waals surface area contributed by atoms with Crippen molar-refractivity contribution in [2.45, 2.75) is 18.9 Å². The van der Waals surface area contributed by atoms with Crippen molar-refractivity contribution in [2.75, 3.05) is 19.6 Å². The van der Waals surface area contributed by atoms with Crippen LogP contribution in [0.1, 0.15) is 33.9 Å². The third kappa shape index (κ3) is 5.00. The molecule has 3 aromatic rings. The maximum Gasteiger partial charge on any atom is 0.289 e. The van der Waals surface area contributed by atoms with Gasteiger partial charge in [0.2, 0.25) is 5.91 Å². The number of carbonyl (C=O) groups is 3. The van der Waals surface area contributed by atoms with Gasteiger partial charge >= 0.3 is 0 Å². The van der Waals surface area contributed by atoms with Crippen molar-refractivity contribution in [3.8, 4) is 11.3 Å². The second-order valence-electron chi connectivity index (χ2n) is 7.24. The molecule has 3 amide bonds. The van der Waals surface area contributed by atoms with Crippen LogP contribution in [0.3, 0.4) is 0 Å². The molecule has 0 unspecified atom stereocenters. The Morgan fingerprint density at radius 1 is 1.06 bits per heavy atom. The van der Waals surface area contributed by atoms with E-state index in [2.05, 4.69) is 15.8 Å². The van der Waals surface area contributed by atoms with Gasteiger partial charge in [-0.25, -0.2) is 0 Å². The maximum absolute atomic E-state index is 12.3. The fraction of sp³-hybridized carbons (Fsp3) is 0.273. The van der Waals surface area contributed by atoms with Gasteiger partial charge in [-0.1, -0.05) is 35.5 Å². The number of likely N-dealkylation sites (tertiary alicyclic amines) is 1. The van der Waals surface area contributed by atoms with E-state index in [0.717, 1.165) is 5.56 Å². The van der Waals surface area contributed by atoms with E-state index < -0.39 is 5.91 Å². The molecule has 3 heterocycles. The average Bonchev–Trinajstić information content (AvgIpc) is 3.51. The summed E-state index contributed by atoms with van der Waals surface area (Å²) >= 11 is 0. The number of amides is 3. The molecule has 31 heavy (non-hydrogen) atoms. The van der Waals surface area contributed by atoms with Gasteiger partial charge in [-0.3, -0.25) is 14.4 Å². The predicted octanol–water partition coefficient (Wildman–Crippen LogP) is 2.09. The Kier molecular flexibility index (Phi) is 6.11. The number of piperidine rings is 1. The lowest BCUT2D eigenvalue weighted by Crippen LogP contribution is -2.48. The van der Waals surface area contributed by atoms with E-state index in [0.29, 0.717) is 37.5 Å². The SMILES string of the molecule is O=C(CNC(=O)c1cc(-c2ccccc2)on1)NC1CCN(C(=O)c2ccco2)CC1. The number of furan rings is 1. The third-order valence-corrected chi connectivity index (χ3v) is 5.09. The first-order valence-electron chi connectivity index (χ1n) is 10.0. The van der Waals surface area contributed by atoms with Gasteiger partial charge in [-0.15, -0.1) is 0 Å². The molecule has 1 aliphatic rings. The smallest absolute Gasteiger partial charge is 0.289 e. The molecule has 0 saturated carbocycles. The van der Waals surface area contributed by atoms with Crippen LogP contribution in [-0.2, 0) is 4.79 Å². The number of benzene rings is 1. The Hall–Kier alpha value is -3.88. The molecule has 1 aliphatic heterocycles. The summed E-state index contributed by atoms with van der Waals surface area (Å²) in [4.78, 5) is 38.4. The van der Waals surface area contributed by atoms with Crippen LogP contribution >= 0.6 is 0 Å². The number of hydrogen-bond acceptors (Lipinski definition) is 6. The largest absolute Gasteiger partial charge is 0.459 e. The highest BCUT2D eigenvalue weighted by Gasteiger charge is 2.26. The highest BCUT2D eigenvalue weighted by molar-refractivity contribution is 5.95. The topological polar surface area (TPSA) is 118 Å². The zero-order valence-electron chi connectivity index (χ0n) is 16.7. The zero-order valence-corrected chi connectivity index (χ0v) is 16.7. The second kappa shape index (κ2) is 9.29. The summed E-state index contributed by atoms with van der Waals surface area (Å²) in [6.45, 7) is 0.883. The quantitative estimate of drug-likeness (QED) is 0.628. The van der Waals surface area contributed by atoms with Crippen molar-refractivity contribution < 1.29 is 23.3 Å². The minimum absolute atomic E-state index is 0.0539. The standard InChI is InChI=1S/C22H22N4O5/c27-20(24-16-8-10-26(11-9-16)22(29)18-7-4-12-30-18)14-23-21(28)17-13-19(31-25-17)15-5-2-1-3-6-15/h1-7,12-13,16H,8-11,14H2,(H,23,28)(H,24,27). The van der Waals surface area contributed by atoms with Gasteiger partial charge in [0, 0.05) is 30.8 Å². The van der Waals surface area contributed by atoms with E-state index in [1.54, 1.807) is 17.0 Å². The zero-order chi connectivity index (χ0) is 21.6. The van der Waals surface area contributed by atoms with Gasteiger partial charge in [-0.2, -0.15) is 0 Å². The van der Waals surface area contributed by atoms with Crippen LogP contribution in [0.4, 0.5) is 0 Å². The van der Waals surface area contributed by atoms with Crippen molar-refractivity contribution in [3.05, 3.63) is 66.2 Å². The van der Waals surface area contributed by atoms with Gasteiger partial charge in [0.15, 0.2) is 17.2 Å². The lowest BCUT2D eigenvalue weighted by atomic mass is 10.0. The second-order valence-corrected chi connectivity index (χ2v) is 7.24. The first kappa shape index (κ1) is 20.4. The molecule has 0 radical (unpaired) electrons. The lowest BCUT2D eigenvalue weighted by Gasteiger charge is -2.31. The maximum atomic E-state index is 12.3. The van der Waals surface area contributed by atoms with E-state index in [1.165, 1.54) is 12.3 Å². The summed E-state index contributed by atoms with van der Waals surface area (Å²) in [6, 6.07) is 14.1. The monoisotopic (exact) mass is 422 g/mol. The Balaban J connectivity index is 1.21. The first-order valence-corrected chi connectivity index (χ1v) is 10.0. The molecule has 1 fully saturated rings. The third-order valence-electron chi connectivity index (χ3n) is 5.09. The molecule has 0 bridgehead atoms. The van der Waals surface area contributed by atoms with Crippen molar-refractivity contribution >= 4 is 17.7 Å². The highest BCUT2D eigenvalue weighted by Crippen LogP contribution is 2.19. The first-order chi connectivity index (χ1) is 15.1. The van der Waals surface area contributed by atoms with E-state index in [-0.39, 0.29) is 30.1 Å². The number of nitrogens with zero attached hydrogens (tertiary/aromatic N) is 2. The summed E-state index contributed by atoms with van der Waals surface area (Å²) in [6.07, 6.45) is 2.74. The van der Waals surface area contributed by atoms with Crippen molar-refractivity contribution in [1.29, 1.82) is 0 Å². The lowest BCUT2D eigenvalue weighted by molar-refractivity contribution is -0.121. The molecule has 160 valence electrons. The molecule has 1 aromatic carbocycles. The van der Waals surface area contributed by atoms with Crippen LogP contribution in [0.15, 0.2) is 63.7 Å². The Morgan fingerprint density at radius 2 is 1.84 bits per heavy atom. The summed E-state index contributed by atoms with van der Waals surface area (Å²) in [7, 11) is 0. The van der Waals surface area contributed by atoms with E-state index in [1.807, 2.05) is 30.3 Å². The summed E-state index contributed by atoms with van der Waals surface area (Å²) in [5, 5.41) is 9.21. The van der Waals surface area contributed by atoms with Crippen LogP contribution < -0.4 is 10.6 Å². The molecule has 0 aliphatic carbocycles. The highest BCUT2D eigenvalue weighted by atomic mass is 16.5. The predicted molar refractivity (Wildman–Crippen MR) is 110 cm³/mol. The number of hydrogen-bond donors (Lipinski definition) is 2. The van der Waals surface area contributed by atoms with Crippen LogP contribution in [0.25, 0.3) is 11.3 Å². The Labute approximate surface area is 178 Å². The van der Waals surface area contributed by atoms with Crippen molar-refractivity contribution in [3.63, 3.8) is 0 Å². The van der Waals surface area contributed by atoms with Gasteiger partial charge in [0.05, 0.1) is 12.8 Å². The Bertz CT molecular complexity index is 1040. The molecule has 0 spiro atoms. The van der Waals surface area contributed by atoms with E-state index in [4.69, 9.17) is 8.94 Å². The fourth-order valence-electron chi connectivity index (χ4n) is 3.43. The van der Waals surface area contributed by atoms with Crippen LogP contribution in [0.5, 0.6) is 0 Å². The van der Waals surface area contributed by atoms with Crippen LogP contribution in [-0.4, -0.2) is 53.5 Å². The summed E-state index contributed by atoms with van der Waals surface area (Å²) in [5.74, 6) is -0.139. The molecule has 9 heteroatoms. The molecule has 0 atom stereocenters. The van der Waals surface area contributed by atoms with Gasteiger partial charge < -0.3 is 24.5 Å². The summed E-state index contributed by atoms with van der Waals surface area (Å²) < 4.78 is 10.4. The fourth-order valence-corrected chi connectivity index (χ4v) is 3.43. The molecule has 1 saturated heterocycles. The molecule has 4 rings (SSSR count). The van der Waals surface area contributed by atoms with Gasteiger partial charge in [0.25, 0.3) is 11.8 Å². The van der Waals surface area contributed by atoms with Crippen LogP contribution in [0.2, 0.25) is 0 Å². The number of carbonyl (C=O) groups excluding carboxylic acids is 3. The Morgan fingerprint density at radius 3 is 2.55 bits per heavy atom. The average molecular weight is 422 g/mol. The minimum atomic E-state index is -0.486. The summed E-state index contributed by atoms with van der Waals surface area (Å²) in [5.41, 5.74) is 0.917. The molecular weight excluding hydrogens is 400 g/mol. The number of rotatable bonds is 6. The molecule has 2 N–H and O–H groups in total.